The molecule has 0 saturated heterocycles. The Morgan fingerprint density at radius 1 is 1.02 bits per heavy atom. The normalized spacial score (nSPS) is 20.5. The molecule has 3 aliphatic rings. The summed E-state index contributed by atoms with van der Waals surface area (Å²) >= 11 is 0. The third-order valence-corrected chi connectivity index (χ3v) is 10.00. The topological polar surface area (TPSA) is 92.8 Å². The van der Waals surface area contributed by atoms with E-state index in [1.54, 1.807) is 0 Å². The number of likely N-dealkylation sites (N-methyl/N-ethyl adjacent to an activating group) is 2. The van der Waals surface area contributed by atoms with Gasteiger partial charge in [-0.2, -0.15) is 0 Å². The van der Waals surface area contributed by atoms with Gasteiger partial charge in [0.05, 0.1) is 11.7 Å². The summed E-state index contributed by atoms with van der Waals surface area (Å²) in [6.45, 7) is 5.71. The van der Waals surface area contributed by atoms with Gasteiger partial charge in [-0.1, -0.05) is 63.3 Å². The Balaban J connectivity index is 0.00000196. The van der Waals surface area contributed by atoms with E-state index in [2.05, 4.69) is 52.7 Å². The van der Waals surface area contributed by atoms with Gasteiger partial charge in [-0.05, 0) is 82.0 Å². The van der Waals surface area contributed by atoms with Crippen molar-refractivity contribution in [1.29, 1.82) is 0 Å². The van der Waals surface area contributed by atoms with Crippen LogP contribution < -0.4 is 16.0 Å². The van der Waals surface area contributed by atoms with Gasteiger partial charge in [0.1, 0.15) is 5.82 Å². The molecule has 0 aromatic carbocycles. The van der Waals surface area contributed by atoms with Crippen molar-refractivity contribution < 1.29 is 0 Å². The average Bonchev–Trinajstić information content (AvgIpc) is 3.04. The quantitative estimate of drug-likeness (QED) is 0.253. The number of hydrogen-bond acceptors (Lipinski definition) is 7. The molecule has 0 spiro atoms. The van der Waals surface area contributed by atoms with Crippen molar-refractivity contribution in [2.24, 2.45) is 11.1 Å². The number of nitrogens with zero attached hydrogens (tertiary/aromatic N) is 5. The van der Waals surface area contributed by atoms with Crippen LogP contribution in [0.5, 0.6) is 0 Å². The van der Waals surface area contributed by atoms with E-state index >= 15 is 0 Å². The van der Waals surface area contributed by atoms with E-state index in [0.29, 0.717) is 11.7 Å². The molecule has 0 radical (unpaired) electrons. The van der Waals surface area contributed by atoms with Crippen molar-refractivity contribution in [2.45, 2.75) is 96.8 Å². The van der Waals surface area contributed by atoms with Crippen LogP contribution in [-0.2, 0) is 0 Å². The van der Waals surface area contributed by atoms with Crippen LogP contribution in [0.2, 0.25) is 0 Å². The van der Waals surface area contributed by atoms with Gasteiger partial charge in [0.25, 0.3) is 0 Å². The predicted octanol–water partition coefficient (Wildman–Crippen LogP) is 8.34. The van der Waals surface area contributed by atoms with E-state index in [1.165, 1.54) is 62.5 Å². The smallest absolute Gasteiger partial charge is 0.162 e. The van der Waals surface area contributed by atoms with E-state index in [0.717, 1.165) is 72.3 Å². The second-order valence-corrected chi connectivity index (χ2v) is 12.7. The highest BCUT2D eigenvalue weighted by molar-refractivity contribution is 5.94. The van der Waals surface area contributed by atoms with E-state index in [-0.39, 0.29) is 5.41 Å². The van der Waals surface area contributed by atoms with Crippen molar-refractivity contribution in [3.05, 3.63) is 71.5 Å². The lowest BCUT2D eigenvalue weighted by atomic mass is 9.60. The standard InChI is InChI=1S/C36H47N7.C2H6/c1-38-20-21-43(2)35-33-30(26-12-7-6-8-13-26)24-40-25-31(33)41-34(42-35)29-16-19-39-23-27(29)22-32(37)36(17-11-18-36)28-14-9-4-3-5-10-15-28;1-2/h4,9,14,16,19,22-26,38H,3,5-8,10-13,15,17-18,20-21,37H2,1-2H3;1-2H3/b9-4-,28-14+,32-22-;. The highest BCUT2D eigenvalue weighted by Gasteiger charge is 2.42. The second-order valence-electron chi connectivity index (χ2n) is 12.7. The maximum Gasteiger partial charge on any atom is 0.162 e. The lowest BCUT2D eigenvalue weighted by Gasteiger charge is -2.45. The molecule has 3 aromatic heterocycles. The van der Waals surface area contributed by atoms with Gasteiger partial charge in [-0.25, -0.2) is 9.97 Å². The molecule has 3 N–H and O–H groups in total. The summed E-state index contributed by atoms with van der Waals surface area (Å²) in [6, 6.07) is 2.03. The summed E-state index contributed by atoms with van der Waals surface area (Å²) in [5, 5.41) is 4.44. The first-order chi connectivity index (χ1) is 22.1. The number of pyridine rings is 2. The van der Waals surface area contributed by atoms with Gasteiger partial charge in [-0.15, -0.1) is 0 Å². The summed E-state index contributed by atoms with van der Waals surface area (Å²) in [6.07, 6.45) is 31.2. The van der Waals surface area contributed by atoms with Gasteiger partial charge >= 0.3 is 0 Å². The number of fused-ring (bicyclic) bond motifs is 1. The molecule has 2 fully saturated rings. The molecule has 0 amide bonds. The summed E-state index contributed by atoms with van der Waals surface area (Å²) in [5.41, 5.74) is 13.5. The molecular weight excluding hydrogens is 554 g/mol. The molecule has 0 atom stereocenters. The number of hydrogen-bond donors (Lipinski definition) is 2. The molecule has 3 heterocycles. The largest absolute Gasteiger partial charge is 0.401 e. The van der Waals surface area contributed by atoms with Gasteiger partial charge in [-0.3, -0.25) is 9.97 Å². The molecular formula is C38H53N7. The van der Waals surface area contributed by atoms with Gasteiger partial charge in [0.15, 0.2) is 5.82 Å². The number of allylic oxidation sites excluding steroid dienone is 4. The van der Waals surface area contributed by atoms with Crippen LogP contribution in [0.25, 0.3) is 28.4 Å². The van der Waals surface area contributed by atoms with Gasteiger partial charge in [0.2, 0.25) is 0 Å². The van der Waals surface area contributed by atoms with E-state index in [1.807, 2.05) is 45.6 Å². The third-order valence-electron chi connectivity index (χ3n) is 10.00. The van der Waals surface area contributed by atoms with Crippen molar-refractivity contribution in [3.63, 3.8) is 0 Å². The molecule has 0 bridgehead atoms. The third kappa shape index (κ3) is 7.14. The molecule has 3 aliphatic carbocycles. The van der Waals surface area contributed by atoms with Crippen LogP contribution >= 0.6 is 0 Å². The first-order valence-corrected chi connectivity index (χ1v) is 17.4. The van der Waals surface area contributed by atoms with Crippen LogP contribution in [0.15, 0.2) is 60.4 Å². The maximum absolute atomic E-state index is 7.04. The fraction of sp³-hybridized carbons (Fsp3) is 0.526. The molecule has 6 rings (SSSR count). The number of nitrogens with one attached hydrogen (secondary N) is 1. The first-order valence-electron chi connectivity index (χ1n) is 17.4. The average molecular weight is 608 g/mol. The Morgan fingerprint density at radius 2 is 1.84 bits per heavy atom. The minimum atomic E-state index is -0.0591. The zero-order chi connectivity index (χ0) is 31.6. The van der Waals surface area contributed by atoms with Crippen LogP contribution in [0.1, 0.15) is 108 Å². The Kier molecular flexibility index (Phi) is 11.4. The zero-order valence-corrected chi connectivity index (χ0v) is 28.0. The monoisotopic (exact) mass is 607 g/mol. The Hall–Kier alpha value is -3.58. The second kappa shape index (κ2) is 15.6. The fourth-order valence-corrected chi connectivity index (χ4v) is 7.29. The van der Waals surface area contributed by atoms with E-state index in [9.17, 15) is 0 Å². The summed E-state index contributed by atoms with van der Waals surface area (Å²) in [7, 11) is 4.13. The lowest BCUT2D eigenvalue weighted by molar-refractivity contribution is 0.229. The van der Waals surface area contributed by atoms with Crippen LogP contribution in [0, 0.1) is 5.41 Å². The van der Waals surface area contributed by atoms with Gasteiger partial charge < -0.3 is 16.0 Å². The zero-order valence-electron chi connectivity index (χ0n) is 28.0. The minimum absolute atomic E-state index is 0.0591. The molecule has 2 saturated carbocycles. The van der Waals surface area contributed by atoms with Crippen LogP contribution in [0.4, 0.5) is 5.82 Å². The Bertz CT molecular complexity index is 1510. The predicted molar refractivity (Wildman–Crippen MR) is 189 cm³/mol. The molecule has 0 aliphatic heterocycles. The van der Waals surface area contributed by atoms with Crippen molar-refractivity contribution in [1.82, 2.24) is 25.3 Å². The number of anilines is 1. The molecule has 0 unspecified atom stereocenters. The van der Waals surface area contributed by atoms with Crippen molar-refractivity contribution in [3.8, 4) is 11.4 Å². The van der Waals surface area contributed by atoms with Crippen LogP contribution in [-0.4, -0.2) is 47.1 Å². The highest BCUT2D eigenvalue weighted by Crippen LogP contribution is 2.53. The number of nitrogens with two attached hydrogens (primary N) is 1. The SMILES string of the molecule is CC.CNCCN(C)c1nc(-c2ccncc2/C=C(\N)C2(/C3=C/C=C\CCCC3)CCC2)nc2cncc(C3CCCCC3)c12. The molecule has 7 nitrogen and oxygen atoms in total. The number of aromatic nitrogens is 4. The summed E-state index contributed by atoms with van der Waals surface area (Å²) < 4.78 is 0. The molecule has 7 heteroatoms. The van der Waals surface area contributed by atoms with Crippen molar-refractivity contribution in [2.75, 3.05) is 32.1 Å². The van der Waals surface area contributed by atoms with Crippen LogP contribution in [0.3, 0.4) is 0 Å². The lowest BCUT2D eigenvalue weighted by Crippen LogP contribution is -2.37. The first kappa shape index (κ1) is 32.8. The maximum atomic E-state index is 7.04. The molecule has 45 heavy (non-hydrogen) atoms. The molecule has 3 aromatic rings. The highest BCUT2D eigenvalue weighted by atomic mass is 15.2. The van der Waals surface area contributed by atoms with Crippen molar-refractivity contribution >= 4 is 22.8 Å². The number of rotatable bonds is 9. The fourth-order valence-electron chi connectivity index (χ4n) is 7.29. The van der Waals surface area contributed by atoms with Gasteiger partial charge in [0, 0.05) is 66.4 Å². The molecule has 240 valence electrons. The summed E-state index contributed by atoms with van der Waals surface area (Å²) in [4.78, 5) is 21.9. The Morgan fingerprint density at radius 3 is 2.60 bits per heavy atom. The summed E-state index contributed by atoms with van der Waals surface area (Å²) in [5.74, 6) is 2.17. The van der Waals surface area contributed by atoms with E-state index < -0.39 is 0 Å². The minimum Gasteiger partial charge on any atom is -0.401 e. The Labute approximate surface area is 270 Å². The van der Waals surface area contributed by atoms with E-state index in [4.69, 9.17) is 20.7 Å².